The first-order chi connectivity index (χ1) is 27.3. The number of anilines is 3. The number of fused-ring (bicyclic) bond motifs is 5. The molecule has 0 aliphatic carbocycles. The molecule has 0 saturated heterocycles. The molecule has 5 aliphatic heterocycles. The smallest absolute Gasteiger partial charge is 0.163 e. The number of ether oxygens (including phenoxy) is 3. The van der Waals surface area contributed by atoms with Crippen molar-refractivity contribution in [3.63, 3.8) is 0 Å². The lowest BCUT2D eigenvalue weighted by Gasteiger charge is -1.93. The van der Waals surface area contributed by atoms with Crippen molar-refractivity contribution in [2.24, 2.45) is 0 Å². The van der Waals surface area contributed by atoms with Gasteiger partial charge in [0.2, 0.25) is 0 Å². The number of hydrogen-bond acceptors (Lipinski definition) is 9. The lowest BCUT2D eigenvalue weighted by molar-refractivity contribution is 0.357. The summed E-state index contributed by atoms with van der Waals surface area (Å²) >= 11 is 1.86. The molecular formula is C46H73N5O3S. The molecule has 10 rings (SSSR count). The van der Waals surface area contributed by atoms with Gasteiger partial charge in [0.15, 0.2) is 19.2 Å². The number of thioether (sulfide) groups is 1. The first-order valence-corrected chi connectivity index (χ1v) is 21.0. The van der Waals surface area contributed by atoms with Gasteiger partial charge in [-0.3, -0.25) is 4.98 Å². The van der Waals surface area contributed by atoms with E-state index >= 15 is 0 Å². The van der Waals surface area contributed by atoms with E-state index in [1.807, 2.05) is 130 Å². The van der Waals surface area contributed by atoms with Crippen molar-refractivity contribution >= 4 is 28.8 Å². The maximum absolute atomic E-state index is 5.30. The van der Waals surface area contributed by atoms with Crippen molar-refractivity contribution in [2.75, 3.05) is 41.9 Å². The predicted molar refractivity (Wildman–Crippen MR) is 245 cm³/mol. The van der Waals surface area contributed by atoms with Gasteiger partial charge in [-0.1, -0.05) is 136 Å². The van der Waals surface area contributed by atoms with E-state index in [0.717, 1.165) is 60.6 Å². The standard InChI is InChI=1S/C8H9N.C8H8O.C7H7NO.C7H7NS.C6H6N2O.5C2H6.3H2/c1-2-4-8-6-9-5-7(8)3-1;1-2-4-8-7(3-1)5-6-9-8;2*1-2-4-7-6(3-1)8-5-9-7;1-2-7-3-6-5(1)8-4-9-6;5*1-2;;;/h1-4,9H,5-6H2;1-4H,5-6H2;2*1-4,8H,5H2;1-3,8H,4H2;5*1-2H3;3*1H. The zero-order chi connectivity index (χ0) is 40.5. The Labute approximate surface area is 341 Å². The monoisotopic (exact) mass is 776 g/mol. The highest BCUT2D eigenvalue weighted by atomic mass is 32.2. The Morgan fingerprint density at radius 1 is 0.509 bits per heavy atom. The Kier molecular flexibility index (Phi) is 27.6. The van der Waals surface area contributed by atoms with E-state index in [0.29, 0.717) is 13.5 Å². The second-order valence-corrected chi connectivity index (χ2v) is 11.4. The van der Waals surface area contributed by atoms with Gasteiger partial charge in [0.1, 0.15) is 11.5 Å². The Bertz CT molecular complexity index is 1300. The normalized spacial score (nSPS) is 12.4. The zero-order valence-electron chi connectivity index (χ0n) is 35.0. The van der Waals surface area contributed by atoms with E-state index in [-0.39, 0.29) is 4.28 Å². The average Bonchev–Trinajstić information content (AvgIpc) is 4.15. The molecule has 4 N–H and O–H groups in total. The summed E-state index contributed by atoms with van der Waals surface area (Å²) in [7, 11) is 0. The fourth-order valence-electron chi connectivity index (χ4n) is 5.05. The van der Waals surface area contributed by atoms with E-state index < -0.39 is 0 Å². The van der Waals surface area contributed by atoms with Gasteiger partial charge < -0.3 is 35.5 Å². The highest BCUT2D eigenvalue weighted by Gasteiger charge is 2.10. The zero-order valence-corrected chi connectivity index (χ0v) is 35.8. The Morgan fingerprint density at radius 3 is 1.60 bits per heavy atom. The molecule has 0 unspecified atom stereocenters. The van der Waals surface area contributed by atoms with Crippen LogP contribution in [0, 0.1) is 0 Å². The largest absolute Gasteiger partial charge is 0.493 e. The number of nitrogens with one attached hydrogen (secondary N) is 4. The van der Waals surface area contributed by atoms with Crippen molar-refractivity contribution in [2.45, 2.75) is 93.6 Å². The molecule has 0 spiro atoms. The van der Waals surface area contributed by atoms with Crippen LogP contribution in [-0.2, 0) is 19.5 Å². The molecular weight excluding hydrogens is 703 g/mol. The Balaban J connectivity index is -0.000000610. The van der Waals surface area contributed by atoms with Gasteiger partial charge in [-0.25, -0.2) is 0 Å². The first-order valence-electron chi connectivity index (χ1n) is 20.0. The van der Waals surface area contributed by atoms with Gasteiger partial charge in [0.25, 0.3) is 0 Å². The molecule has 0 amide bonds. The van der Waals surface area contributed by atoms with Crippen LogP contribution in [0.3, 0.4) is 0 Å². The third-order valence-electron chi connectivity index (χ3n) is 7.38. The lowest BCUT2D eigenvalue weighted by atomic mass is 10.1. The topological polar surface area (TPSA) is 88.7 Å². The fourth-order valence-corrected chi connectivity index (χ4v) is 5.90. The molecule has 9 heteroatoms. The predicted octanol–water partition coefficient (Wildman–Crippen LogP) is 13.2. The number of benzene rings is 4. The van der Waals surface area contributed by atoms with Crippen LogP contribution >= 0.6 is 11.8 Å². The summed E-state index contributed by atoms with van der Waals surface area (Å²) in [6, 6.07) is 34.9. The molecule has 8 nitrogen and oxygen atoms in total. The molecule has 0 bridgehead atoms. The highest BCUT2D eigenvalue weighted by Crippen LogP contribution is 2.32. The van der Waals surface area contributed by atoms with E-state index in [4.69, 9.17) is 14.2 Å². The summed E-state index contributed by atoms with van der Waals surface area (Å²) in [5.41, 5.74) is 7.66. The van der Waals surface area contributed by atoms with Gasteiger partial charge in [-0.15, -0.1) is 11.8 Å². The van der Waals surface area contributed by atoms with Crippen LogP contribution in [0.4, 0.5) is 17.1 Å². The second-order valence-electron chi connectivity index (χ2n) is 10.3. The number of rotatable bonds is 0. The van der Waals surface area contributed by atoms with Crippen LogP contribution in [0.2, 0.25) is 0 Å². The van der Waals surface area contributed by atoms with Gasteiger partial charge in [0.05, 0.1) is 30.1 Å². The molecule has 55 heavy (non-hydrogen) atoms. The average molecular weight is 776 g/mol. The van der Waals surface area contributed by atoms with Crippen molar-refractivity contribution in [1.82, 2.24) is 10.3 Å². The molecule has 5 aliphatic rings. The van der Waals surface area contributed by atoms with E-state index in [1.54, 1.807) is 12.4 Å². The summed E-state index contributed by atoms with van der Waals surface area (Å²) in [5, 5.41) is 12.7. The van der Waals surface area contributed by atoms with E-state index in [9.17, 15) is 0 Å². The molecule has 0 atom stereocenters. The van der Waals surface area contributed by atoms with Crippen LogP contribution < -0.4 is 35.5 Å². The Hall–Kier alpha value is -4.86. The molecule has 0 saturated carbocycles. The number of aromatic nitrogens is 1. The Morgan fingerprint density at radius 2 is 1.02 bits per heavy atom. The third kappa shape index (κ3) is 17.0. The van der Waals surface area contributed by atoms with Crippen LogP contribution in [0.1, 0.15) is 90.2 Å². The SMILES string of the molecule is CC.CC.CC.CC.CC.[HH].[HH].[HH].c1cc2c(cn1)OCN2.c1ccc2c(c1)CCO2.c1ccc2c(c1)CNC2.c1ccc2c(c1)NCO2.c1ccc2c(c1)NCS2. The first kappa shape index (κ1) is 48.2. The maximum Gasteiger partial charge on any atom is 0.163 e. The van der Waals surface area contributed by atoms with E-state index in [2.05, 4.69) is 80.8 Å². The van der Waals surface area contributed by atoms with E-state index in [1.165, 1.54) is 27.3 Å². The molecule has 0 radical (unpaired) electrons. The summed E-state index contributed by atoms with van der Waals surface area (Å²) in [4.78, 5) is 5.26. The van der Waals surface area contributed by atoms with Gasteiger partial charge in [0, 0.05) is 40.6 Å². The third-order valence-corrected chi connectivity index (χ3v) is 8.34. The van der Waals surface area contributed by atoms with Crippen molar-refractivity contribution < 1.29 is 18.5 Å². The number of hydrogen-bond donors (Lipinski definition) is 4. The fraction of sp³-hybridized carbons (Fsp3) is 0.370. The van der Waals surface area contributed by atoms with Crippen molar-refractivity contribution in [1.29, 1.82) is 0 Å². The molecule has 5 aromatic rings. The van der Waals surface area contributed by atoms with Crippen LogP contribution in [-0.4, -0.2) is 30.9 Å². The summed E-state index contributed by atoms with van der Waals surface area (Å²) in [6.45, 7) is 24.1. The highest BCUT2D eigenvalue weighted by molar-refractivity contribution is 7.99. The summed E-state index contributed by atoms with van der Waals surface area (Å²) < 4.78 is 15.6. The van der Waals surface area contributed by atoms with Crippen LogP contribution in [0.15, 0.2) is 120 Å². The molecule has 306 valence electrons. The molecule has 0 fully saturated rings. The summed E-state index contributed by atoms with van der Waals surface area (Å²) in [5.74, 6) is 3.90. The minimum atomic E-state index is 0. The number of pyridine rings is 1. The lowest BCUT2D eigenvalue weighted by Crippen LogP contribution is -1.99. The van der Waals surface area contributed by atoms with Gasteiger partial charge in [-0.05, 0) is 53.1 Å². The van der Waals surface area contributed by atoms with Crippen LogP contribution in [0.5, 0.6) is 17.2 Å². The second kappa shape index (κ2) is 31.5. The summed E-state index contributed by atoms with van der Waals surface area (Å²) in [6.07, 6.45) is 4.52. The van der Waals surface area contributed by atoms with Crippen LogP contribution in [0.25, 0.3) is 0 Å². The van der Waals surface area contributed by atoms with Crippen molar-refractivity contribution in [3.05, 3.63) is 132 Å². The van der Waals surface area contributed by atoms with Gasteiger partial charge >= 0.3 is 0 Å². The minimum absolute atomic E-state index is 0. The van der Waals surface area contributed by atoms with Gasteiger partial charge in [-0.2, -0.15) is 0 Å². The number of nitrogens with zero attached hydrogens (tertiary/aromatic N) is 1. The quantitative estimate of drug-likeness (QED) is 0.123. The molecule has 1 aromatic heterocycles. The molecule has 6 heterocycles. The maximum atomic E-state index is 5.30. The van der Waals surface area contributed by atoms with Crippen molar-refractivity contribution in [3.8, 4) is 17.2 Å². The number of para-hydroxylation sites is 4. The minimum Gasteiger partial charge on any atom is -0.493 e. The molecule has 4 aromatic carbocycles.